The molecule has 0 saturated heterocycles. The molecule has 0 fully saturated rings. The first kappa shape index (κ1) is 10.9. The van der Waals surface area contributed by atoms with Gasteiger partial charge in [-0.1, -0.05) is 0 Å². The Morgan fingerprint density at radius 3 is 2.29 bits per heavy atom. The van der Waals surface area contributed by atoms with Crippen LogP contribution in [0.15, 0.2) is 12.4 Å². The van der Waals surface area contributed by atoms with Gasteiger partial charge in [-0.05, 0) is 32.8 Å². The molecule has 0 spiro atoms. The van der Waals surface area contributed by atoms with Gasteiger partial charge < -0.3 is 10.5 Å². The molecule has 0 aliphatic rings. The molecule has 1 unspecified atom stereocenters. The molecular formula is C10H17N3O. The van der Waals surface area contributed by atoms with E-state index in [2.05, 4.69) is 9.97 Å². The minimum absolute atomic E-state index is 0.106. The van der Waals surface area contributed by atoms with E-state index < -0.39 is 0 Å². The summed E-state index contributed by atoms with van der Waals surface area (Å²) in [5, 5.41) is 0. The maximum Gasteiger partial charge on any atom is 0.316 e. The van der Waals surface area contributed by atoms with Gasteiger partial charge in [0.05, 0.1) is 6.10 Å². The summed E-state index contributed by atoms with van der Waals surface area (Å²) in [6.45, 7) is 5.84. The Kier molecular flexibility index (Phi) is 3.83. The summed E-state index contributed by atoms with van der Waals surface area (Å²) in [6.07, 6.45) is 4.42. The average Bonchev–Trinajstić information content (AvgIpc) is 2.06. The summed E-state index contributed by atoms with van der Waals surface area (Å²) >= 11 is 0. The second-order valence-electron chi connectivity index (χ2n) is 3.72. The summed E-state index contributed by atoms with van der Waals surface area (Å²) in [5.41, 5.74) is 6.69. The zero-order chi connectivity index (χ0) is 10.6. The van der Waals surface area contributed by atoms with Gasteiger partial charge in [-0.25, -0.2) is 9.97 Å². The minimum Gasteiger partial charge on any atom is -0.461 e. The third-order valence-electron chi connectivity index (χ3n) is 1.58. The molecule has 0 aliphatic carbocycles. The van der Waals surface area contributed by atoms with E-state index in [0.29, 0.717) is 6.01 Å². The lowest BCUT2D eigenvalue weighted by Gasteiger charge is -2.08. The molecule has 14 heavy (non-hydrogen) atoms. The fourth-order valence-electron chi connectivity index (χ4n) is 1.09. The number of nitrogens with two attached hydrogens (primary N) is 1. The van der Waals surface area contributed by atoms with Gasteiger partial charge in [0.25, 0.3) is 0 Å². The van der Waals surface area contributed by atoms with Crippen LogP contribution >= 0.6 is 0 Å². The van der Waals surface area contributed by atoms with Crippen molar-refractivity contribution in [3.63, 3.8) is 0 Å². The highest BCUT2D eigenvalue weighted by Crippen LogP contribution is 2.05. The zero-order valence-electron chi connectivity index (χ0n) is 8.90. The first-order valence-electron chi connectivity index (χ1n) is 4.81. The number of ether oxygens (including phenoxy) is 1. The summed E-state index contributed by atoms with van der Waals surface area (Å²) in [4.78, 5) is 8.17. The molecule has 0 radical (unpaired) electrons. The van der Waals surface area contributed by atoms with Crippen molar-refractivity contribution in [2.75, 3.05) is 0 Å². The van der Waals surface area contributed by atoms with Crippen LogP contribution in [-0.4, -0.2) is 22.1 Å². The Morgan fingerprint density at radius 1 is 1.29 bits per heavy atom. The van der Waals surface area contributed by atoms with Crippen LogP contribution in [0.1, 0.15) is 26.3 Å². The molecule has 0 amide bonds. The Bertz CT molecular complexity index is 240. The van der Waals surface area contributed by atoms with Gasteiger partial charge in [0.1, 0.15) is 0 Å². The summed E-state index contributed by atoms with van der Waals surface area (Å²) < 4.78 is 5.32. The fourth-order valence-corrected chi connectivity index (χ4v) is 1.09. The van der Waals surface area contributed by atoms with Crippen molar-refractivity contribution >= 4 is 0 Å². The van der Waals surface area contributed by atoms with E-state index in [4.69, 9.17) is 10.5 Å². The molecule has 0 saturated carbocycles. The minimum atomic E-state index is 0.106. The Morgan fingerprint density at radius 2 is 1.86 bits per heavy atom. The third-order valence-corrected chi connectivity index (χ3v) is 1.58. The molecule has 0 aromatic carbocycles. The Labute approximate surface area is 84.5 Å². The molecule has 78 valence electrons. The molecule has 1 atom stereocenters. The van der Waals surface area contributed by atoms with Crippen molar-refractivity contribution in [2.45, 2.75) is 39.3 Å². The maximum atomic E-state index is 5.66. The van der Waals surface area contributed by atoms with Crippen LogP contribution in [0.2, 0.25) is 0 Å². The van der Waals surface area contributed by atoms with Crippen LogP contribution in [0, 0.1) is 0 Å². The second kappa shape index (κ2) is 4.91. The first-order valence-corrected chi connectivity index (χ1v) is 4.81. The van der Waals surface area contributed by atoms with E-state index in [1.807, 2.05) is 20.8 Å². The molecule has 1 aromatic rings. The van der Waals surface area contributed by atoms with Crippen LogP contribution in [-0.2, 0) is 6.42 Å². The molecule has 4 heteroatoms. The third kappa shape index (κ3) is 3.70. The van der Waals surface area contributed by atoms with E-state index in [1.165, 1.54) is 0 Å². The van der Waals surface area contributed by atoms with Crippen molar-refractivity contribution in [3.8, 4) is 6.01 Å². The van der Waals surface area contributed by atoms with Crippen molar-refractivity contribution in [2.24, 2.45) is 5.73 Å². The highest BCUT2D eigenvalue weighted by molar-refractivity contribution is 5.08. The van der Waals surface area contributed by atoms with Gasteiger partial charge in [-0.3, -0.25) is 0 Å². The van der Waals surface area contributed by atoms with Crippen LogP contribution in [0.25, 0.3) is 0 Å². The molecule has 1 aromatic heterocycles. The van der Waals surface area contributed by atoms with Crippen molar-refractivity contribution in [1.29, 1.82) is 0 Å². The van der Waals surface area contributed by atoms with Crippen LogP contribution in [0.4, 0.5) is 0 Å². The van der Waals surface area contributed by atoms with Gasteiger partial charge in [0, 0.05) is 18.4 Å². The molecule has 0 aliphatic heterocycles. The number of aromatic nitrogens is 2. The zero-order valence-corrected chi connectivity index (χ0v) is 8.90. The van der Waals surface area contributed by atoms with Crippen molar-refractivity contribution in [3.05, 3.63) is 18.0 Å². The average molecular weight is 195 g/mol. The molecule has 2 N–H and O–H groups in total. The summed E-state index contributed by atoms with van der Waals surface area (Å²) in [7, 11) is 0. The van der Waals surface area contributed by atoms with Gasteiger partial charge in [-0.2, -0.15) is 0 Å². The van der Waals surface area contributed by atoms with Gasteiger partial charge in [-0.15, -0.1) is 0 Å². The van der Waals surface area contributed by atoms with Crippen molar-refractivity contribution in [1.82, 2.24) is 9.97 Å². The van der Waals surface area contributed by atoms with Crippen LogP contribution < -0.4 is 10.5 Å². The highest BCUT2D eigenvalue weighted by atomic mass is 16.5. The van der Waals surface area contributed by atoms with Gasteiger partial charge >= 0.3 is 6.01 Å². The monoisotopic (exact) mass is 195 g/mol. The quantitative estimate of drug-likeness (QED) is 0.783. The van der Waals surface area contributed by atoms with Gasteiger partial charge in [0.15, 0.2) is 0 Å². The predicted molar refractivity (Wildman–Crippen MR) is 55.1 cm³/mol. The normalized spacial score (nSPS) is 12.9. The van der Waals surface area contributed by atoms with E-state index in [0.717, 1.165) is 12.0 Å². The highest BCUT2D eigenvalue weighted by Gasteiger charge is 2.02. The van der Waals surface area contributed by atoms with E-state index in [9.17, 15) is 0 Å². The van der Waals surface area contributed by atoms with Gasteiger partial charge in [0.2, 0.25) is 0 Å². The van der Waals surface area contributed by atoms with Crippen LogP contribution in [0.3, 0.4) is 0 Å². The molecule has 1 heterocycles. The number of hydrogen-bond donors (Lipinski definition) is 1. The number of nitrogens with zero attached hydrogens (tertiary/aromatic N) is 2. The van der Waals surface area contributed by atoms with E-state index in [1.54, 1.807) is 12.4 Å². The number of hydrogen-bond acceptors (Lipinski definition) is 4. The molecule has 1 rings (SSSR count). The number of rotatable bonds is 4. The largest absolute Gasteiger partial charge is 0.461 e. The molecule has 0 bridgehead atoms. The molecule has 4 nitrogen and oxygen atoms in total. The van der Waals surface area contributed by atoms with Crippen LogP contribution in [0.5, 0.6) is 6.01 Å². The van der Waals surface area contributed by atoms with E-state index >= 15 is 0 Å². The lowest BCUT2D eigenvalue weighted by atomic mass is 10.1. The Balaban J connectivity index is 2.59. The molecular weight excluding hydrogens is 178 g/mol. The SMILES string of the molecule is CC(N)Cc1cnc(OC(C)C)nc1. The standard InChI is InChI=1S/C10H17N3O/c1-7(2)14-10-12-5-9(6-13-10)4-8(3)11/h5-8H,4,11H2,1-3H3. The predicted octanol–water partition coefficient (Wildman–Crippen LogP) is 1.15. The Hall–Kier alpha value is -1.16. The fraction of sp³-hybridized carbons (Fsp3) is 0.600. The summed E-state index contributed by atoms with van der Waals surface area (Å²) in [5.74, 6) is 0. The maximum absolute atomic E-state index is 5.66. The first-order chi connectivity index (χ1) is 6.58. The topological polar surface area (TPSA) is 61.0 Å². The summed E-state index contributed by atoms with van der Waals surface area (Å²) in [6, 6.07) is 0.559. The lowest BCUT2D eigenvalue weighted by molar-refractivity contribution is 0.222. The second-order valence-corrected chi connectivity index (χ2v) is 3.72. The van der Waals surface area contributed by atoms with Crippen molar-refractivity contribution < 1.29 is 4.74 Å². The smallest absolute Gasteiger partial charge is 0.316 e. The lowest BCUT2D eigenvalue weighted by Crippen LogP contribution is -2.18. The van der Waals surface area contributed by atoms with E-state index in [-0.39, 0.29) is 12.1 Å².